The van der Waals surface area contributed by atoms with Crippen LogP contribution in [0.15, 0.2) is 42.5 Å². The van der Waals surface area contributed by atoms with E-state index in [1.54, 1.807) is 0 Å². The van der Waals surface area contributed by atoms with E-state index in [-0.39, 0.29) is 12.1 Å². The molecule has 2 heteroatoms. The topological polar surface area (TPSA) is 32.3 Å². The lowest BCUT2D eigenvalue weighted by Gasteiger charge is -2.44. The molecule has 1 aliphatic carbocycles. The monoisotopic (exact) mass is 287 g/mol. The lowest BCUT2D eigenvalue weighted by atomic mass is 9.71. The summed E-state index contributed by atoms with van der Waals surface area (Å²) in [6, 6.07) is 10.8. The number of allylic oxidation sites excluding steroid dienone is 1. The highest BCUT2D eigenvalue weighted by Gasteiger charge is 2.41. The first-order valence-electron chi connectivity index (χ1n) is 8.15. The number of nitrogens with one attached hydrogen (secondary N) is 1. The number of hydrogen-bond donors (Lipinski definition) is 2. The molecule has 1 aliphatic rings. The van der Waals surface area contributed by atoms with Gasteiger partial charge in [-0.2, -0.15) is 0 Å². The summed E-state index contributed by atoms with van der Waals surface area (Å²) in [4.78, 5) is 0. The first-order valence-corrected chi connectivity index (χ1v) is 8.15. The molecule has 1 fully saturated rings. The summed E-state index contributed by atoms with van der Waals surface area (Å²) in [6.07, 6.45) is 3.70. The fourth-order valence-corrected chi connectivity index (χ4v) is 3.45. The summed E-state index contributed by atoms with van der Waals surface area (Å²) in [5.74, 6) is 0.525. The first-order chi connectivity index (χ1) is 9.96. The maximum absolute atomic E-state index is 10.9. The summed E-state index contributed by atoms with van der Waals surface area (Å²) in [5, 5.41) is 14.6. The van der Waals surface area contributed by atoms with Gasteiger partial charge in [0.15, 0.2) is 0 Å². The average Bonchev–Trinajstić information content (AvgIpc) is 2.50. The highest BCUT2D eigenvalue weighted by molar-refractivity contribution is 5.19. The third-order valence-electron chi connectivity index (χ3n) is 5.15. The zero-order valence-electron chi connectivity index (χ0n) is 13.6. The van der Waals surface area contributed by atoms with Crippen molar-refractivity contribution in [3.63, 3.8) is 0 Å². The van der Waals surface area contributed by atoms with Crippen LogP contribution in [0.4, 0.5) is 0 Å². The van der Waals surface area contributed by atoms with Gasteiger partial charge in [-0.1, -0.05) is 49.4 Å². The van der Waals surface area contributed by atoms with Crippen molar-refractivity contribution in [1.82, 2.24) is 5.32 Å². The molecular weight excluding hydrogens is 258 g/mol. The van der Waals surface area contributed by atoms with Crippen LogP contribution < -0.4 is 5.32 Å². The molecule has 0 spiro atoms. The summed E-state index contributed by atoms with van der Waals surface area (Å²) in [5.41, 5.74) is 1.93. The van der Waals surface area contributed by atoms with E-state index in [0.717, 1.165) is 25.7 Å². The molecule has 116 valence electrons. The highest BCUT2D eigenvalue weighted by Crippen LogP contribution is 2.38. The predicted molar refractivity (Wildman–Crippen MR) is 89.2 cm³/mol. The predicted octanol–water partition coefficient (Wildman–Crippen LogP) is 4.22. The molecule has 1 aromatic rings. The van der Waals surface area contributed by atoms with Crippen molar-refractivity contribution < 1.29 is 5.11 Å². The van der Waals surface area contributed by atoms with E-state index in [2.05, 4.69) is 56.9 Å². The van der Waals surface area contributed by atoms with Crippen LogP contribution >= 0.6 is 0 Å². The van der Waals surface area contributed by atoms with Crippen LogP contribution in [0.25, 0.3) is 0 Å². The molecule has 0 aliphatic heterocycles. The van der Waals surface area contributed by atoms with Crippen molar-refractivity contribution in [3.8, 4) is 0 Å². The SMILES string of the molecule is C=C(C)[C@H]1CC[C@](O)(CC)[C@H](N[C@@H](C)c2ccccc2)C1. The maximum Gasteiger partial charge on any atom is 0.0798 e. The smallest absolute Gasteiger partial charge is 0.0798 e. The molecule has 0 saturated heterocycles. The summed E-state index contributed by atoms with van der Waals surface area (Å²) < 4.78 is 0. The second-order valence-corrected chi connectivity index (χ2v) is 6.63. The third-order valence-corrected chi connectivity index (χ3v) is 5.15. The minimum atomic E-state index is -0.588. The Balaban J connectivity index is 2.11. The molecular formula is C19H29NO. The van der Waals surface area contributed by atoms with Crippen LogP contribution in [-0.4, -0.2) is 16.7 Å². The Morgan fingerprint density at radius 1 is 1.43 bits per heavy atom. The van der Waals surface area contributed by atoms with Gasteiger partial charge in [0.25, 0.3) is 0 Å². The van der Waals surface area contributed by atoms with E-state index in [4.69, 9.17) is 0 Å². The largest absolute Gasteiger partial charge is 0.388 e. The molecule has 2 rings (SSSR count). The van der Waals surface area contributed by atoms with Gasteiger partial charge in [0, 0.05) is 12.1 Å². The van der Waals surface area contributed by atoms with E-state index >= 15 is 0 Å². The van der Waals surface area contributed by atoms with Crippen molar-refractivity contribution in [2.24, 2.45) is 5.92 Å². The van der Waals surface area contributed by atoms with E-state index in [9.17, 15) is 5.11 Å². The molecule has 21 heavy (non-hydrogen) atoms. The summed E-state index contributed by atoms with van der Waals surface area (Å²) in [6.45, 7) is 10.5. The quantitative estimate of drug-likeness (QED) is 0.795. The fourth-order valence-electron chi connectivity index (χ4n) is 3.45. The van der Waals surface area contributed by atoms with Crippen LogP contribution in [0.3, 0.4) is 0 Å². The highest BCUT2D eigenvalue weighted by atomic mass is 16.3. The van der Waals surface area contributed by atoms with Gasteiger partial charge < -0.3 is 10.4 Å². The Bertz CT molecular complexity index is 470. The van der Waals surface area contributed by atoms with Crippen molar-refractivity contribution in [2.75, 3.05) is 0 Å². The third kappa shape index (κ3) is 3.75. The molecule has 0 radical (unpaired) electrons. The molecule has 1 aromatic carbocycles. The van der Waals surface area contributed by atoms with Crippen LogP contribution in [0.1, 0.15) is 58.1 Å². The van der Waals surface area contributed by atoms with E-state index < -0.39 is 5.60 Å². The van der Waals surface area contributed by atoms with Crippen LogP contribution in [0.2, 0.25) is 0 Å². The van der Waals surface area contributed by atoms with Crippen molar-refractivity contribution in [2.45, 2.75) is 64.1 Å². The molecule has 4 atom stereocenters. The Kier molecular flexibility index (Phi) is 5.23. The Hall–Kier alpha value is -1.12. The molecule has 2 N–H and O–H groups in total. The van der Waals surface area contributed by atoms with Crippen LogP contribution in [-0.2, 0) is 0 Å². The molecule has 2 nitrogen and oxygen atoms in total. The van der Waals surface area contributed by atoms with Gasteiger partial charge in [-0.25, -0.2) is 0 Å². The van der Waals surface area contributed by atoms with Crippen LogP contribution in [0, 0.1) is 5.92 Å². The molecule has 0 amide bonds. The Labute approximate surface area is 129 Å². The second kappa shape index (κ2) is 6.76. The van der Waals surface area contributed by atoms with Gasteiger partial charge in [0.05, 0.1) is 5.60 Å². The fraction of sp³-hybridized carbons (Fsp3) is 0.579. The second-order valence-electron chi connectivity index (χ2n) is 6.63. The lowest BCUT2D eigenvalue weighted by molar-refractivity contribution is -0.0421. The van der Waals surface area contributed by atoms with E-state index in [1.807, 2.05) is 6.07 Å². The zero-order valence-corrected chi connectivity index (χ0v) is 13.6. The van der Waals surface area contributed by atoms with Gasteiger partial charge >= 0.3 is 0 Å². The number of benzene rings is 1. The minimum Gasteiger partial charge on any atom is -0.388 e. The van der Waals surface area contributed by atoms with Gasteiger partial charge in [-0.3, -0.25) is 0 Å². The minimum absolute atomic E-state index is 0.133. The molecule has 1 saturated carbocycles. The molecule has 0 bridgehead atoms. The average molecular weight is 287 g/mol. The summed E-state index contributed by atoms with van der Waals surface area (Å²) >= 11 is 0. The van der Waals surface area contributed by atoms with Gasteiger partial charge in [-0.05, 0) is 51.0 Å². The number of rotatable bonds is 5. The van der Waals surface area contributed by atoms with E-state index in [0.29, 0.717) is 5.92 Å². The van der Waals surface area contributed by atoms with Gasteiger partial charge in [-0.15, -0.1) is 0 Å². The molecule has 0 aromatic heterocycles. The number of aliphatic hydroxyl groups is 1. The van der Waals surface area contributed by atoms with E-state index in [1.165, 1.54) is 11.1 Å². The molecule has 0 unspecified atom stereocenters. The normalized spacial score (nSPS) is 30.9. The zero-order chi connectivity index (χ0) is 15.5. The lowest BCUT2D eigenvalue weighted by Crippen LogP contribution is -2.54. The summed E-state index contributed by atoms with van der Waals surface area (Å²) in [7, 11) is 0. The van der Waals surface area contributed by atoms with Crippen molar-refractivity contribution >= 4 is 0 Å². The standard InChI is InChI=1S/C19H29NO/c1-5-19(21)12-11-17(14(2)3)13-18(19)20-15(4)16-9-7-6-8-10-16/h6-10,15,17-18,20-21H,2,5,11-13H2,1,3-4H3/t15-,17-,18+,19+/m0/s1. The number of hydrogen-bond acceptors (Lipinski definition) is 2. The first kappa shape index (κ1) is 16.3. The Morgan fingerprint density at radius 3 is 2.67 bits per heavy atom. The van der Waals surface area contributed by atoms with Crippen molar-refractivity contribution in [3.05, 3.63) is 48.0 Å². The van der Waals surface area contributed by atoms with Gasteiger partial charge in [0.2, 0.25) is 0 Å². The van der Waals surface area contributed by atoms with Crippen molar-refractivity contribution in [1.29, 1.82) is 0 Å². The maximum atomic E-state index is 10.9. The molecule has 0 heterocycles. The Morgan fingerprint density at radius 2 is 2.10 bits per heavy atom. The van der Waals surface area contributed by atoms with Gasteiger partial charge in [0.1, 0.15) is 0 Å². The van der Waals surface area contributed by atoms with Crippen LogP contribution in [0.5, 0.6) is 0 Å².